The first-order chi connectivity index (χ1) is 7.17. The van der Waals surface area contributed by atoms with Gasteiger partial charge in [0, 0.05) is 18.6 Å². The maximum absolute atomic E-state index is 13.9. The van der Waals surface area contributed by atoms with Crippen LogP contribution in [0.5, 0.6) is 5.75 Å². The molecule has 1 heterocycles. The van der Waals surface area contributed by atoms with Crippen molar-refractivity contribution < 1.29 is 9.13 Å². The van der Waals surface area contributed by atoms with Crippen LogP contribution in [0.1, 0.15) is 12.5 Å². The van der Waals surface area contributed by atoms with E-state index in [4.69, 9.17) is 4.74 Å². The Hall–Kier alpha value is -1.58. The SMILES string of the molecule is CCc1cc2cn(C)nc2c(F)c1OC. The second kappa shape index (κ2) is 3.53. The number of aromatic nitrogens is 2. The van der Waals surface area contributed by atoms with Crippen LogP contribution in [0.2, 0.25) is 0 Å². The average molecular weight is 208 g/mol. The van der Waals surface area contributed by atoms with Gasteiger partial charge in [-0.3, -0.25) is 4.68 Å². The number of hydrogen-bond acceptors (Lipinski definition) is 2. The van der Waals surface area contributed by atoms with Crippen LogP contribution in [0.3, 0.4) is 0 Å². The number of benzene rings is 1. The highest BCUT2D eigenvalue weighted by molar-refractivity contribution is 5.81. The van der Waals surface area contributed by atoms with Crippen molar-refractivity contribution in [1.82, 2.24) is 9.78 Å². The summed E-state index contributed by atoms with van der Waals surface area (Å²) in [7, 11) is 3.25. The summed E-state index contributed by atoms with van der Waals surface area (Å²) in [5.74, 6) is -0.0591. The number of methoxy groups -OCH3 is 1. The molecule has 0 fully saturated rings. The predicted molar refractivity (Wildman–Crippen MR) is 56.6 cm³/mol. The molecular formula is C11H13FN2O. The van der Waals surface area contributed by atoms with Gasteiger partial charge < -0.3 is 4.74 Å². The summed E-state index contributed by atoms with van der Waals surface area (Å²) in [5, 5.41) is 4.87. The Morgan fingerprint density at radius 1 is 1.53 bits per heavy atom. The van der Waals surface area contributed by atoms with E-state index >= 15 is 0 Å². The number of ether oxygens (including phenoxy) is 1. The van der Waals surface area contributed by atoms with E-state index in [0.29, 0.717) is 11.3 Å². The molecule has 0 saturated heterocycles. The molecule has 2 rings (SSSR count). The highest BCUT2D eigenvalue weighted by Gasteiger charge is 2.15. The molecule has 80 valence electrons. The minimum Gasteiger partial charge on any atom is -0.493 e. The summed E-state index contributed by atoms with van der Waals surface area (Å²) >= 11 is 0. The van der Waals surface area contributed by atoms with Crippen LogP contribution < -0.4 is 4.74 Å². The first-order valence-corrected chi connectivity index (χ1v) is 4.86. The van der Waals surface area contributed by atoms with Crippen LogP contribution >= 0.6 is 0 Å². The molecule has 1 aromatic carbocycles. The quantitative estimate of drug-likeness (QED) is 0.757. The Kier molecular flexibility index (Phi) is 2.34. The lowest BCUT2D eigenvalue weighted by molar-refractivity contribution is 0.384. The van der Waals surface area contributed by atoms with Crippen LogP contribution in [0.25, 0.3) is 10.9 Å². The summed E-state index contributed by atoms with van der Waals surface area (Å²) in [4.78, 5) is 0. The van der Waals surface area contributed by atoms with Gasteiger partial charge in [-0.2, -0.15) is 5.10 Å². The van der Waals surface area contributed by atoms with Gasteiger partial charge in [-0.1, -0.05) is 6.92 Å². The average Bonchev–Trinajstić information content (AvgIpc) is 2.59. The second-order valence-electron chi connectivity index (χ2n) is 3.48. The molecule has 0 saturated carbocycles. The Morgan fingerprint density at radius 3 is 2.87 bits per heavy atom. The largest absolute Gasteiger partial charge is 0.493 e. The molecule has 0 N–H and O–H groups in total. The summed E-state index contributed by atoms with van der Waals surface area (Å²) < 4.78 is 20.6. The Labute approximate surface area is 87.5 Å². The fourth-order valence-electron chi connectivity index (χ4n) is 1.77. The lowest BCUT2D eigenvalue weighted by Crippen LogP contribution is -1.95. The minimum absolute atomic E-state index is 0.309. The highest BCUT2D eigenvalue weighted by Crippen LogP contribution is 2.29. The molecule has 1 aromatic heterocycles. The standard InChI is InChI=1S/C11H13FN2O/c1-4-7-5-8-6-14(2)13-10(8)9(12)11(7)15-3/h5-6H,4H2,1-3H3. The molecule has 0 unspecified atom stereocenters. The first-order valence-electron chi connectivity index (χ1n) is 4.86. The molecule has 0 aliphatic heterocycles. The van der Waals surface area contributed by atoms with Gasteiger partial charge in [-0.05, 0) is 18.1 Å². The molecule has 4 heteroatoms. The monoisotopic (exact) mass is 208 g/mol. The zero-order valence-electron chi connectivity index (χ0n) is 9.04. The Morgan fingerprint density at radius 2 is 2.27 bits per heavy atom. The van der Waals surface area contributed by atoms with Gasteiger partial charge in [0.1, 0.15) is 5.52 Å². The summed E-state index contributed by atoms with van der Waals surface area (Å²) in [6.45, 7) is 1.97. The zero-order chi connectivity index (χ0) is 11.0. The van der Waals surface area contributed by atoms with Gasteiger partial charge in [0.25, 0.3) is 0 Å². The Balaban J connectivity index is 2.80. The normalized spacial score (nSPS) is 10.9. The van der Waals surface area contributed by atoms with Crippen molar-refractivity contribution in [1.29, 1.82) is 0 Å². The lowest BCUT2D eigenvalue weighted by Gasteiger charge is -2.07. The molecule has 15 heavy (non-hydrogen) atoms. The molecule has 0 aliphatic rings. The van der Waals surface area contributed by atoms with Crippen molar-refractivity contribution >= 4 is 10.9 Å². The van der Waals surface area contributed by atoms with Crippen LogP contribution in [0, 0.1) is 5.82 Å². The molecule has 2 aromatic rings. The molecule has 0 bridgehead atoms. The maximum atomic E-state index is 13.9. The summed E-state index contributed by atoms with van der Waals surface area (Å²) in [6, 6.07) is 1.92. The number of halogens is 1. The van der Waals surface area contributed by atoms with E-state index in [1.807, 2.05) is 13.0 Å². The summed E-state index contributed by atoms with van der Waals surface area (Å²) in [6.07, 6.45) is 2.54. The van der Waals surface area contributed by atoms with E-state index in [1.165, 1.54) is 7.11 Å². The van der Waals surface area contributed by atoms with Crippen molar-refractivity contribution in [2.45, 2.75) is 13.3 Å². The van der Waals surface area contributed by atoms with Gasteiger partial charge in [0.05, 0.1) is 7.11 Å². The van der Waals surface area contributed by atoms with E-state index in [0.717, 1.165) is 17.4 Å². The highest BCUT2D eigenvalue weighted by atomic mass is 19.1. The molecule has 0 aliphatic carbocycles. The van der Waals surface area contributed by atoms with E-state index in [-0.39, 0.29) is 5.82 Å². The molecular weight excluding hydrogens is 195 g/mol. The minimum atomic E-state index is -0.368. The van der Waals surface area contributed by atoms with E-state index in [9.17, 15) is 4.39 Å². The maximum Gasteiger partial charge on any atom is 0.193 e. The molecule has 0 atom stereocenters. The van der Waals surface area contributed by atoms with Crippen molar-refractivity contribution in [3.8, 4) is 5.75 Å². The molecule has 0 spiro atoms. The van der Waals surface area contributed by atoms with Gasteiger partial charge in [0.15, 0.2) is 11.6 Å². The van der Waals surface area contributed by atoms with Crippen molar-refractivity contribution in [2.24, 2.45) is 7.05 Å². The van der Waals surface area contributed by atoms with Gasteiger partial charge in [-0.25, -0.2) is 4.39 Å². The third-order valence-corrected chi connectivity index (χ3v) is 2.47. The van der Waals surface area contributed by atoms with Crippen LogP contribution in [0.4, 0.5) is 4.39 Å². The van der Waals surface area contributed by atoms with Gasteiger partial charge in [0.2, 0.25) is 0 Å². The van der Waals surface area contributed by atoms with Crippen molar-refractivity contribution in [3.05, 3.63) is 23.6 Å². The molecule has 0 amide bonds. The fourth-order valence-corrected chi connectivity index (χ4v) is 1.77. The zero-order valence-corrected chi connectivity index (χ0v) is 9.04. The van der Waals surface area contributed by atoms with E-state index < -0.39 is 0 Å². The number of aryl methyl sites for hydroxylation is 2. The number of hydrogen-bond donors (Lipinski definition) is 0. The van der Waals surface area contributed by atoms with Crippen molar-refractivity contribution in [2.75, 3.05) is 7.11 Å². The van der Waals surface area contributed by atoms with Gasteiger partial charge in [-0.15, -0.1) is 0 Å². The summed E-state index contributed by atoms with van der Waals surface area (Å²) in [5.41, 5.74) is 1.24. The third kappa shape index (κ3) is 1.46. The molecule has 3 nitrogen and oxygen atoms in total. The lowest BCUT2D eigenvalue weighted by atomic mass is 10.1. The topological polar surface area (TPSA) is 27.1 Å². The fraction of sp³-hybridized carbons (Fsp3) is 0.364. The van der Waals surface area contributed by atoms with Gasteiger partial charge >= 0.3 is 0 Å². The number of rotatable bonds is 2. The second-order valence-corrected chi connectivity index (χ2v) is 3.48. The Bertz CT molecular complexity index is 505. The predicted octanol–water partition coefficient (Wildman–Crippen LogP) is 2.28. The van der Waals surface area contributed by atoms with E-state index in [2.05, 4.69) is 5.10 Å². The smallest absolute Gasteiger partial charge is 0.193 e. The van der Waals surface area contributed by atoms with Crippen LogP contribution in [-0.4, -0.2) is 16.9 Å². The van der Waals surface area contributed by atoms with Crippen LogP contribution in [0.15, 0.2) is 12.3 Å². The number of nitrogens with zero attached hydrogens (tertiary/aromatic N) is 2. The molecule has 0 radical (unpaired) electrons. The van der Waals surface area contributed by atoms with Crippen molar-refractivity contribution in [3.63, 3.8) is 0 Å². The van der Waals surface area contributed by atoms with Crippen LogP contribution in [-0.2, 0) is 13.5 Å². The first kappa shape index (κ1) is 9.96. The number of fused-ring (bicyclic) bond motifs is 1. The third-order valence-electron chi connectivity index (χ3n) is 2.47. The van der Waals surface area contributed by atoms with E-state index in [1.54, 1.807) is 17.9 Å².